The molecule has 0 aromatic heterocycles. The number of hydrogen-bond donors (Lipinski definition) is 1. The summed E-state index contributed by atoms with van der Waals surface area (Å²) < 4.78 is 0. The number of hydrogen-bond acceptors (Lipinski definition) is 3. The summed E-state index contributed by atoms with van der Waals surface area (Å²) in [7, 11) is 1.70. The third-order valence-electron chi connectivity index (χ3n) is 4.31. The summed E-state index contributed by atoms with van der Waals surface area (Å²) in [6.45, 7) is 3.87. The van der Waals surface area contributed by atoms with Crippen LogP contribution < -0.4 is 5.32 Å². The monoisotopic (exact) mass is 238 g/mol. The molecule has 2 rings (SSSR count). The summed E-state index contributed by atoms with van der Waals surface area (Å²) in [4.78, 5) is 25.5. The average Bonchev–Trinajstić information content (AvgIpc) is 2.73. The maximum atomic E-state index is 11.8. The number of Topliss-reactive ketones (excluding diaryl/α,β-unsaturated/α-hetero) is 1. The van der Waals surface area contributed by atoms with Gasteiger partial charge in [0.25, 0.3) is 0 Å². The predicted molar refractivity (Wildman–Crippen MR) is 65.6 cm³/mol. The molecule has 4 nitrogen and oxygen atoms in total. The Labute approximate surface area is 103 Å². The molecule has 0 spiro atoms. The van der Waals surface area contributed by atoms with E-state index in [1.807, 2.05) is 6.92 Å². The first-order chi connectivity index (χ1) is 8.05. The van der Waals surface area contributed by atoms with Gasteiger partial charge in [-0.15, -0.1) is 0 Å². The molecule has 2 aliphatic rings. The van der Waals surface area contributed by atoms with Crippen molar-refractivity contribution in [2.45, 2.75) is 45.1 Å². The molecule has 1 aliphatic heterocycles. The first-order valence-electron chi connectivity index (χ1n) is 6.53. The number of amides is 1. The lowest BCUT2D eigenvalue weighted by atomic mass is 9.88. The largest absolute Gasteiger partial charge is 0.359 e. The fourth-order valence-electron chi connectivity index (χ4n) is 3.09. The van der Waals surface area contributed by atoms with E-state index in [-0.39, 0.29) is 11.3 Å². The van der Waals surface area contributed by atoms with Gasteiger partial charge in [-0.3, -0.25) is 14.5 Å². The van der Waals surface area contributed by atoms with Crippen molar-refractivity contribution in [2.24, 2.45) is 5.41 Å². The van der Waals surface area contributed by atoms with Gasteiger partial charge in [0.15, 0.2) is 0 Å². The maximum Gasteiger partial charge on any atom is 0.227 e. The number of carbonyl (C=O) groups is 2. The van der Waals surface area contributed by atoms with Crippen molar-refractivity contribution in [1.29, 1.82) is 0 Å². The van der Waals surface area contributed by atoms with E-state index >= 15 is 0 Å². The average molecular weight is 238 g/mol. The summed E-state index contributed by atoms with van der Waals surface area (Å²) >= 11 is 0. The Hall–Kier alpha value is -0.900. The van der Waals surface area contributed by atoms with E-state index in [0.717, 1.165) is 45.2 Å². The molecule has 1 N–H and O–H groups in total. The topological polar surface area (TPSA) is 49.4 Å². The molecule has 0 aromatic carbocycles. The van der Waals surface area contributed by atoms with Crippen molar-refractivity contribution in [3.05, 3.63) is 0 Å². The first-order valence-corrected chi connectivity index (χ1v) is 6.53. The first kappa shape index (κ1) is 12.6. The van der Waals surface area contributed by atoms with Gasteiger partial charge in [0.2, 0.25) is 5.91 Å². The van der Waals surface area contributed by atoms with E-state index < -0.39 is 0 Å². The third-order valence-corrected chi connectivity index (χ3v) is 4.31. The molecule has 0 aromatic rings. The Morgan fingerprint density at radius 1 is 1.41 bits per heavy atom. The minimum atomic E-state index is -0.240. The van der Waals surface area contributed by atoms with E-state index in [2.05, 4.69) is 10.2 Å². The summed E-state index contributed by atoms with van der Waals surface area (Å²) in [5.41, 5.74) is -0.240. The van der Waals surface area contributed by atoms with Crippen molar-refractivity contribution in [1.82, 2.24) is 10.2 Å². The number of rotatable bonds is 2. The zero-order chi connectivity index (χ0) is 12.5. The van der Waals surface area contributed by atoms with Crippen LogP contribution in [0.3, 0.4) is 0 Å². The highest BCUT2D eigenvalue weighted by Crippen LogP contribution is 2.34. The van der Waals surface area contributed by atoms with Gasteiger partial charge in [-0.05, 0) is 32.7 Å². The fourth-order valence-corrected chi connectivity index (χ4v) is 3.09. The van der Waals surface area contributed by atoms with Crippen LogP contribution >= 0.6 is 0 Å². The predicted octanol–water partition coefficient (Wildman–Crippen LogP) is 0.956. The molecule has 96 valence electrons. The molecule has 1 amide bonds. The summed E-state index contributed by atoms with van der Waals surface area (Å²) in [6, 6.07) is 0.513. The molecular weight excluding hydrogens is 216 g/mol. The number of carbonyl (C=O) groups excluding carboxylic acids is 2. The van der Waals surface area contributed by atoms with E-state index in [9.17, 15) is 9.59 Å². The van der Waals surface area contributed by atoms with Crippen LogP contribution in [0, 0.1) is 5.41 Å². The molecule has 1 saturated carbocycles. The molecule has 1 unspecified atom stereocenters. The Balaban J connectivity index is 1.93. The van der Waals surface area contributed by atoms with E-state index in [4.69, 9.17) is 0 Å². The molecular formula is C13H22N2O2. The Morgan fingerprint density at radius 2 is 2.06 bits per heavy atom. The number of ketones is 1. The lowest BCUT2D eigenvalue weighted by Crippen LogP contribution is -2.42. The highest BCUT2D eigenvalue weighted by atomic mass is 16.2. The van der Waals surface area contributed by atoms with Crippen LogP contribution in [0.5, 0.6) is 0 Å². The molecule has 0 radical (unpaired) electrons. The number of nitrogens with zero attached hydrogens (tertiary/aromatic N) is 1. The van der Waals surface area contributed by atoms with Crippen LogP contribution in [0.15, 0.2) is 0 Å². The Bertz CT molecular complexity index is 319. The van der Waals surface area contributed by atoms with Crippen LogP contribution in [0.4, 0.5) is 0 Å². The fraction of sp³-hybridized carbons (Fsp3) is 0.846. The van der Waals surface area contributed by atoms with Gasteiger partial charge in [0.1, 0.15) is 5.78 Å². The minimum Gasteiger partial charge on any atom is -0.359 e. The minimum absolute atomic E-state index is 0.145. The van der Waals surface area contributed by atoms with E-state index in [0.29, 0.717) is 11.8 Å². The van der Waals surface area contributed by atoms with Crippen LogP contribution in [0.25, 0.3) is 0 Å². The van der Waals surface area contributed by atoms with Crippen LogP contribution in [0.1, 0.15) is 39.0 Å². The van der Waals surface area contributed by atoms with Crippen molar-refractivity contribution >= 4 is 11.7 Å². The van der Waals surface area contributed by atoms with E-state index in [1.54, 1.807) is 7.05 Å². The normalized spacial score (nSPS) is 31.8. The Morgan fingerprint density at radius 3 is 2.65 bits per heavy atom. The van der Waals surface area contributed by atoms with Gasteiger partial charge in [-0.25, -0.2) is 0 Å². The van der Waals surface area contributed by atoms with Crippen molar-refractivity contribution in [2.75, 3.05) is 20.1 Å². The molecule has 1 saturated heterocycles. The van der Waals surface area contributed by atoms with Crippen molar-refractivity contribution in [3.8, 4) is 0 Å². The summed E-state index contributed by atoms with van der Waals surface area (Å²) in [5.74, 6) is 0.543. The maximum absolute atomic E-state index is 11.8. The quantitative estimate of drug-likeness (QED) is 0.779. The molecule has 1 aliphatic carbocycles. The van der Waals surface area contributed by atoms with Crippen LogP contribution in [-0.2, 0) is 9.59 Å². The molecule has 1 atom stereocenters. The molecule has 0 bridgehead atoms. The smallest absolute Gasteiger partial charge is 0.227 e. The van der Waals surface area contributed by atoms with Crippen LogP contribution in [0.2, 0.25) is 0 Å². The highest BCUT2D eigenvalue weighted by Gasteiger charge is 2.42. The van der Waals surface area contributed by atoms with E-state index in [1.165, 1.54) is 0 Å². The van der Waals surface area contributed by atoms with Crippen molar-refractivity contribution in [3.63, 3.8) is 0 Å². The summed E-state index contributed by atoms with van der Waals surface area (Å²) in [5, 5.41) is 2.76. The summed E-state index contributed by atoms with van der Waals surface area (Å²) in [6.07, 6.45) is 4.32. The second-order valence-corrected chi connectivity index (χ2v) is 5.63. The van der Waals surface area contributed by atoms with Gasteiger partial charge in [-0.1, -0.05) is 0 Å². The number of nitrogens with one attached hydrogen (secondary N) is 1. The third kappa shape index (κ3) is 2.51. The lowest BCUT2D eigenvalue weighted by molar-refractivity contribution is -0.129. The molecule has 1 heterocycles. The second kappa shape index (κ2) is 4.77. The van der Waals surface area contributed by atoms with Gasteiger partial charge >= 0.3 is 0 Å². The van der Waals surface area contributed by atoms with Gasteiger partial charge < -0.3 is 5.32 Å². The molecule has 17 heavy (non-hydrogen) atoms. The van der Waals surface area contributed by atoms with Crippen molar-refractivity contribution < 1.29 is 9.59 Å². The SMILES string of the molecule is CNC(=O)C1(C)CCN(C2CCC(=O)CC2)C1. The zero-order valence-corrected chi connectivity index (χ0v) is 10.8. The highest BCUT2D eigenvalue weighted by molar-refractivity contribution is 5.82. The Kier molecular flexibility index (Phi) is 3.52. The van der Waals surface area contributed by atoms with Crippen LogP contribution in [-0.4, -0.2) is 42.8 Å². The zero-order valence-electron chi connectivity index (χ0n) is 10.8. The number of likely N-dealkylation sites (tertiary alicyclic amines) is 1. The standard InChI is InChI=1S/C13H22N2O2/c1-13(12(17)14-2)7-8-15(9-13)10-3-5-11(16)6-4-10/h10H,3-9H2,1-2H3,(H,14,17). The lowest BCUT2D eigenvalue weighted by Gasteiger charge is -2.31. The van der Waals surface area contributed by atoms with Gasteiger partial charge in [0, 0.05) is 32.5 Å². The van der Waals surface area contributed by atoms with Gasteiger partial charge in [-0.2, -0.15) is 0 Å². The second-order valence-electron chi connectivity index (χ2n) is 5.63. The van der Waals surface area contributed by atoms with Gasteiger partial charge in [0.05, 0.1) is 5.41 Å². The molecule has 4 heteroatoms. The molecule has 2 fully saturated rings.